The fraction of sp³-hybridized carbons (Fsp3) is 0.320. The van der Waals surface area contributed by atoms with Crippen LogP contribution >= 0.6 is 0 Å². The van der Waals surface area contributed by atoms with Crippen LogP contribution in [0.25, 0.3) is 0 Å². The zero-order valence-corrected chi connectivity index (χ0v) is 17.5. The van der Waals surface area contributed by atoms with E-state index in [4.69, 9.17) is 15.9 Å². The van der Waals surface area contributed by atoms with Crippen LogP contribution in [0.5, 0.6) is 11.5 Å². The predicted octanol–water partition coefficient (Wildman–Crippen LogP) is 4.93. The number of carbonyl (C=O) groups excluding carboxylic acids is 1. The highest BCUT2D eigenvalue weighted by Gasteiger charge is 2.38. The number of anilines is 2. The smallest absolute Gasteiger partial charge is 0.163 e. The molecule has 5 heteroatoms. The van der Waals surface area contributed by atoms with Gasteiger partial charge < -0.3 is 20.1 Å². The monoisotopic (exact) mass is 402 g/mol. The highest BCUT2D eigenvalue weighted by Crippen LogP contribution is 2.46. The van der Waals surface area contributed by atoms with Gasteiger partial charge in [0.1, 0.15) is 6.61 Å². The average molecular weight is 402 g/mol. The molecular formula is C25H26N2O3. The van der Waals surface area contributed by atoms with Gasteiger partial charge in [-0.1, -0.05) is 38.0 Å². The molecule has 4 rings (SSSR count). The van der Waals surface area contributed by atoms with Crippen molar-refractivity contribution in [2.45, 2.75) is 32.7 Å². The number of Topliss-reactive ketones (excluding diaryl/α,β-unsaturated/α-hetero) is 1. The van der Waals surface area contributed by atoms with E-state index in [1.165, 1.54) is 0 Å². The summed E-state index contributed by atoms with van der Waals surface area (Å²) in [4.78, 5) is 13.3. The van der Waals surface area contributed by atoms with Gasteiger partial charge in [-0.3, -0.25) is 4.79 Å². The van der Waals surface area contributed by atoms with Crippen LogP contribution in [0, 0.1) is 17.8 Å². The van der Waals surface area contributed by atoms with Crippen molar-refractivity contribution in [3.05, 3.63) is 59.3 Å². The minimum absolute atomic E-state index is 0.0860. The lowest BCUT2D eigenvalue weighted by molar-refractivity contribution is -0.118. The Morgan fingerprint density at radius 3 is 2.63 bits per heavy atom. The molecule has 0 amide bonds. The molecule has 0 saturated carbocycles. The van der Waals surface area contributed by atoms with E-state index in [9.17, 15) is 4.79 Å². The number of hydrogen-bond donors (Lipinski definition) is 2. The summed E-state index contributed by atoms with van der Waals surface area (Å²) in [5, 5.41) is 7.11. The highest BCUT2D eigenvalue weighted by atomic mass is 16.5. The summed E-state index contributed by atoms with van der Waals surface area (Å²) in [5.74, 6) is 3.79. The van der Waals surface area contributed by atoms with Gasteiger partial charge in [-0.2, -0.15) is 0 Å². The Kier molecular flexibility index (Phi) is 5.17. The number of benzene rings is 2. The number of rotatable bonds is 4. The van der Waals surface area contributed by atoms with Gasteiger partial charge in [-0.25, -0.2) is 0 Å². The second-order valence-electron chi connectivity index (χ2n) is 8.48. The fourth-order valence-electron chi connectivity index (χ4n) is 4.24. The minimum Gasteiger partial charge on any atom is -0.493 e. The second kappa shape index (κ2) is 7.79. The molecule has 0 saturated heterocycles. The molecule has 1 aliphatic carbocycles. The predicted molar refractivity (Wildman–Crippen MR) is 119 cm³/mol. The van der Waals surface area contributed by atoms with Gasteiger partial charge in [-0.05, 0) is 41.7 Å². The summed E-state index contributed by atoms with van der Waals surface area (Å²) in [6.45, 7) is 4.43. The molecule has 1 heterocycles. The van der Waals surface area contributed by atoms with Crippen molar-refractivity contribution >= 4 is 17.2 Å². The quantitative estimate of drug-likeness (QED) is 0.710. The van der Waals surface area contributed by atoms with Crippen LogP contribution in [0.2, 0.25) is 0 Å². The van der Waals surface area contributed by atoms with Crippen molar-refractivity contribution in [1.82, 2.24) is 0 Å². The number of fused-ring (bicyclic) bond motifs is 1. The van der Waals surface area contributed by atoms with Gasteiger partial charge in [0.2, 0.25) is 0 Å². The van der Waals surface area contributed by atoms with Crippen molar-refractivity contribution in [2.75, 3.05) is 24.4 Å². The standard InChI is InChI=1S/C25H26N2O3/c1-5-12-30-21-11-10-16(13-22(21)29-4)24-23-19(14-25(2,3)15-20(23)28)26-17-8-6-7-9-18(17)27-24/h1,6-11,13,24,26-27H,12,14-15H2,2-4H3/t24-/m0/s1. The molecule has 1 atom stereocenters. The van der Waals surface area contributed by atoms with Crippen molar-refractivity contribution in [2.24, 2.45) is 5.41 Å². The number of hydrogen-bond acceptors (Lipinski definition) is 5. The average Bonchev–Trinajstić information content (AvgIpc) is 2.87. The van der Waals surface area contributed by atoms with Crippen LogP contribution in [-0.4, -0.2) is 19.5 Å². The van der Waals surface area contributed by atoms with Gasteiger partial charge in [-0.15, -0.1) is 6.42 Å². The van der Waals surface area contributed by atoms with Gasteiger partial charge in [0.25, 0.3) is 0 Å². The Labute approximate surface area is 177 Å². The van der Waals surface area contributed by atoms with Crippen LogP contribution in [0.15, 0.2) is 53.7 Å². The maximum absolute atomic E-state index is 13.3. The Morgan fingerprint density at radius 2 is 1.90 bits per heavy atom. The molecule has 0 radical (unpaired) electrons. The molecule has 30 heavy (non-hydrogen) atoms. The first-order chi connectivity index (χ1) is 14.4. The summed E-state index contributed by atoms with van der Waals surface area (Å²) in [5.41, 5.74) is 4.53. The third-order valence-electron chi connectivity index (χ3n) is 5.55. The summed E-state index contributed by atoms with van der Waals surface area (Å²) in [6.07, 6.45) is 6.63. The molecule has 2 aromatic carbocycles. The molecule has 0 spiro atoms. The first-order valence-electron chi connectivity index (χ1n) is 10.0. The Bertz CT molecular complexity index is 1060. The van der Waals surface area contributed by atoms with Crippen LogP contribution in [0.3, 0.4) is 0 Å². The lowest BCUT2D eigenvalue weighted by atomic mass is 9.73. The lowest BCUT2D eigenvalue weighted by Gasteiger charge is -2.34. The van der Waals surface area contributed by atoms with Crippen LogP contribution in [0.1, 0.15) is 38.3 Å². The summed E-state index contributed by atoms with van der Waals surface area (Å²) < 4.78 is 11.1. The topological polar surface area (TPSA) is 59.6 Å². The van der Waals surface area contributed by atoms with Crippen molar-refractivity contribution in [3.8, 4) is 23.8 Å². The molecule has 5 nitrogen and oxygen atoms in total. The van der Waals surface area contributed by atoms with Crippen molar-refractivity contribution < 1.29 is 14.3 Å². The molecule has 1 aliphatic heterocycles. The maximum atomic E-state index is 13.3. The van der Waals surface area contributed by atoms with Gasteiger partial charge in [0, 0.05) is 17.7 Å². The van der Waals surface area contributed by atoms with E-state index >= 15 is 0 Å². The number of para-hydroxylation sites is 2. The van der Waals surface area contributed by atoms with Gasteiger partial charge >= 0.3 is 0 Å². The third-order valence-corrected chi connectivity index (χ3v) is 5.55. The summed E-state index contributed by atoms with van der Waals surface area (Å²) in [6, 6.07) is 13.4. The Morgan fingerprint density at radius 1 is 1.13 bits per heavy atom. The van der Waals surface area contributed by atoms with Crippen LogP contribution < -0.4 is 20.1 Å². The molecule has 2 aromatic rings. The highest BCUT2D eigenvalue weighted by molar-refractivity contribution is 6.01. The van der Waals surface area contributed by atoms with E-state index < -0.39 is 0 Å². The molecular weight excluding hydrogens is 376 g/mol. The van der Waals surface area contributed by atoms with E-state index in [1.807, 2.05) is 42.5 Å². The normalized spacial score (nSPS) is 19.4. The fourth-order valence-corrected chi connectivity index (χ4v) is 4.24. The molecule has 0 fully saturated rings. The number of methoxy groups -OCH3 is 1. The third kappa shape index (κ3) is 3.73. The number of ketones is 1. The lowest BCUT2D eigenvalue weighted by Crippen LogP contribution is -2.31. The second-order valence-corrected chi connectivity index (χ2v) is 8.48. The molecule has 2 N–H and O–H groups in total. The van der Waals surface area contributed by atoms with E-state index in [1.54, 1.807) is 7.11 Å². The van der Waals surface area contributed by atoms with Gasteiger partial charge in [0.15, 0.2) is 17.3 Å². The van der Waals surface area contributed by atoms with E-state index in [-0.39, 0.29) is 23.8 Å². The molecule has 0 bridgehead atoms. The first-order valence-corrected chi connectivity index (χ1v) is 10.0. The first kappa shape index (κ1) is 19.9. The largest absolute Gasteiger partial charge is 0.493 e. The van der Waals surface area contributed by atoms with Crippen molar-refractivity contribution in [3.63, 3.8) is 0 Å². The minimum atomic E-state index is -0.296. The number of nitrogens with one attached hydrogen (secondary N) is 2. The maximum Gasteiger partial charge on any atom is 0.163 e. The van der Waals surface area contributed by atoms with Crippen LogP contribution in [-0.2, 0) is 4.79 Å². The Hall–Kier alpha value is -3.39. The summed E-state index contributed by atoms with van der Waals surface area (Å²) in [7, 11) is 1.60. The number of carbonyl (C=O) groups is 1. The number of ether oxygens (including phenoxy) is 2. The molecule has 0 unspecified atom stereocenters. The molecule has 2 aliphatic rings. The van der Waals surface area contributed by atoms with E-state index in [2.05, 4.69) is 30.4 Å². The molecule has 0 aromatic heterocycles. The number of allylic oxidation sites excluding steroid dienone is 1. The number of terminal acetylenes is 1. The van der Waals surface area contributed by atoms with E-state index in [0.29, 0.717) is 17.9 Å². The van der Waals surface area contributed by atoms with E-state index in [0.717, 1.165) is 34.6 Å². The van der Waals surface area contributed by atoms with Crippen molar-refractivity contribution in [1.29, 1.82) is 0 Å². The van der Waals surface area contributed by atoms with Gasteiger partial charge in [0.05, 0.1) is 24.5 Å². The summed E-state index contributed by atoms with van der Waals surface area (Å²) >= 11 is 0. The Balaban J connectivity index is 1.83. The zero-order chi connectivity index (χ0) is 21.3. The van der Waals surface area contributed by atoms with Crippen LogP contribution in [0.4, 0.5) is 11.4 Å². The zero-order valence-electron chi connectivity index (χ0n) is 17.5. The molecule has 154 valence electrons. The SMILES string of the molecule is C#CCOc1ccc([C@@H]2Nc3ccccc3NC3=C2C(=O)CC(C)(C)C3)cc1OC.